The number of benzene rings is 1. The highest BCUT2D eigenvalue weighted by Gasteiger charge is 2.05. The molecule has 1 rings (SSSR count). The highest BCUT2D eigenvalue weighted by atomic mass is 35.5. The van der Waals surface area contributed by atoms with Gasteiger partial charge in [-0.05, 0) is 38.6 Å². The van der Waals surface area contributed by atoms with Crippen LogP contribution in [0, 0.1) is 0 Å². The minimum atomic E-state index is -0.0130. The van der Waals surface area contributed by atoms with Crippen LogP contribution in [0.3, 0.4) is 0 Å². The van der Waals surface area contributed by atoms with Gasteiger partial charge in [0.15, 0.2) is 0 Å². The molecule has 1 aromatic rings. The summed E-state index contributed by atoms with van der Waals surface area (Å²) in [7, 11) is 1.90. The van der Waals surface area contributed by atoms with Crippen LogP contribution < -0.4 is 10.6 Å². The zero-order chi connectivity index (χ0) is 11.3. The Kier molecular flexibility index (Phi) is 6.77. The Morgan fingerprint density at radius 1 is 1.25 bits per heavy atom. The molecule has 0 aliphatic rings. The quantitative estimate of drug-likeness (QED) is 0.848. The molecule has 0 aromatic heterocycles. The van der Waals surface area contributed by atoms with E-state index in [4.69, 9.17) is 0 Å². The molecule has 1 amide bonds. The molecule has 0 atom stereocenters. The van der Waals surface area contributed by atoms with Crippen LogP contribution in [0.25, 0.3) is 0 Å². The lowest BCUT2D eigenvalue weighted by atomic mass is 10.1. The Balaban J connectivity index is 0.00000225. The van der Waals surface area contributed by atoms with Crippen molar-refractivity contribution < 1.29 is 4.79 Å². The lowest BCUT2D eigenvalue weighted by Gasteiger charge is -2.08. The number of hydrogen-bond donors (Lipinski definition) is 2. The first-order valence-electron chi connectivity index (χ1n) is 5.18. The van der Waals surface area contributed by atoms with Crippen LogP contribution in [-0.4, -0.2) is 19.0 Å². The van der Waals surface area contributed by atoms with Crippen LogP contribution in [0.15, 0.2) is 24.3 Å². The van der Waals surface area contributed by atoms with Gasteiger partial charge in [0.25, 0.3) is 5.91 Å². The minimum absolute atomic E-state index is 0. The normalized spacial score (nSPS) is 9.75. The molecule has 4 heteroatoms. The Hall–Kier alpha value is -1.06. The van der Waals surface area contributed by atoms with Gasteiger partial charge in [-0.3, -0.25) is 4.79 Å². The van der Waals surface area contributed by atoms with Gasteiger partial charge in [0.2, 0.25) is 0 Å². The zero-order valence-electron chi connectivity index (χ0n) is 9.91. The molecule has 90 valence electrons. The maximum absolute atomic E-state index is 11.6. The third-order valence-electron chi connectivity index (χ3n) is 2.02. The highest BCUT2D eigenvalue weighted by Crippen LogP contribution is 2.04. The fraction of sp³-hybridized carbons (Fsp3) is 0.417. The highest BCUT2D eigenvalue weighted by molar-refractivity contribution is 5.94. The van der Waals surface area contributed by atoms with Gasteiger partial charge >= 0.3 is 0 Å². The summed E-state index contributed by atoms with van der Waals surface area (Å²) >= 11 is 0. The van der Waals surface area contributed by atoms with Gasteiger partial charge in [0.1, 0.15) is 0 Å². The van der Waals surface area contributed by atoms with Gasteiger partial charge in [-0.2, -0.15) is 0 Å². The second kappa shape index (κ2) is 7.25. The standard InChI is InChI=1S/C12H18N2O.ClH/c1-9(2)14-12(15)11-6-4-10(5-7-11)8-13-3;/h4-7,9,13H,8H2,1-3H3,(H,14,15);1H. The van der Waals surface area contributed by atoms with Crippen LogP contribution in [0.1, 0.15) is 29.8 Å². The Labute approximate surface area is 103 Å². The smallest absolute Gasteiger partial charge is 0.251 e. The van der Waals surface area contributed by atoms with Crippen molar-refractivity contribution in [2.24, 2.45) is 0 Å². The van der Waals surface area contributed by atoms with E-state index in [-0.39, 0.29) is 24.4 Å². The van der Waals surface area contributed by atoms with Crippen LogP contribution in [0.2, 0.25) is 0 Å². The van der Waals surface area contributed by atoms with E-state index in [1.54, 1.807) is 0 Å². The maximum atomic E-state index is 11.6. The summed E-state index contributed by atoms with van der Waals surface area (Å²) in [6, 6.07) is 7.81. The molecule has 0 heterocycles. The van der Waals surface area contributed by atoms with Gasteiger partial charge in [0, 0.05) is 18.2 Å². The van der Waals surface area contributed by atoms with Crippen molar-refractivity contribution in [2.45, 2.75) is 26.4 Å². The summed E-state index contributed by atoms with van der Waals surface area (Å²) in [4.78, 5) is 11.6. The van der Waals surface area contributed by atoms with Crippen LogP contribution in [0.5, 0.6) is 0 Å². The third-order valence-corrected chi connectivity index (χ3v) is 2.02. The van der Waals surface area contributed by atoms with Crippen LogP contribution in [-0.2, 0) is 6.54 Å². The summed E-state index contributed by atoms with van der Waals surface area (Å²) in [5.74, 6) is -0.0130. The summed E-state index contributed by atoms with van der Waals surface area (Å²) in [6.45, 7) is 4.73. The molecule has 0 radical (unpaired) electrons. The van der Waals surface area contributed by atoms with Crippen molar-refractivity contribution in [3.8, 4) is 0 Å². The Morgan fingerprint density at radius 3 is 2.25 bits per heavy atom. The Bertz CT molecular complexity index is 322. The monoisotopic (exact) mass is 242 g/mol. The number of amides is 1. The van der Waals surface area contributed by atoms with Gasteiger partial charge in [-0.1, -0.05) is 12.1 Å². The molecule has 0 bridgehead atoms. The van der Waals surface area contributed by atoms with Crippen molar-refractivity contribution in [3.63, 3.8) is 0 Å². The molecule has 0 unspecified atom stereocenters. The summed E-state index contributed by atoms with van der Waals surface area (Å²) in [5.41, 5.74) is 1.89. The molecule has 2 N–H and O–H groups in total. The van der Waals surface area contributed by atoms with Crippen LogP contribution >= 0.6 is 12.4 Å². The topological polar surface area (TPSA) is 41.1 Å². The van der Waals surface area contributed by atoms with Crippen molar-refractivity contribution in [3.05, 3.63) is 35.4 Å². The van der Waals surface area contributed by atoms with E-state index in [9.17, 15) is 4.79 Å². The van der Waals surface area contributed by atoms with E-state index in [0.29, 0.717) is 5.56 Å². The number of hydrogen-bond acceptors (Lipinski definition) is 2. The average molecular weight is 243 g/mol. The molecule has 0 spiro atoms. The second-order valence-electron chi connectivity index (χ2n) is 3.86. The van der Waals surface area contributed by atoms with E-state index < -0.39 is 0 Å². The van der Waals surface area contributed by atoms with Crippen LogP contribution in [0.4, 0.5) is 0 Å². The zero-order valence-corrected chi connectivity index (χ0v) is 10.7. The summed E-state index contributed by atoms with van der Waals surface area (Å²) in [5, 5.41) is 5.92. The molecule has 3 nitrogen and oxygen atoms in total. The fourth-order valence-electron chi connectivity index (χ4n) is 1.32. The SMILES string of the molecule is CNCc1ccc(C(=O)NC(C)C)cc1.Cl. The van der Waals surface area contributed by atoms with Gasteiger partial charge < -0.3 is 10.6 Å². The molecular weight excluding hydrogens is 224 g/mol. The van der Waals surface area contributed by atoms with E-state index in [1.165, 1.54) is 5.56 Å². The first-order valence-corrected chi connectivity index (χ1v) is 5.18. The van der Waals surface area contributed by atoms with E-state index in [2.05, 4.69) is 10.6 Å². The minimum Gasteiger partial charge on any atom is -0.350 e. The van der Waals surface area contributed by atoms with E-state index in [1.807, 2.05) is 45.2 Å². The summed E-state index contributed by atoms with van der Waals surface area (Å²) in [6.07, 6.45) is 0. The third kappa shape index (κ3) is 4.64. The fourth-order valence-corrected chi connectivity index (χ4v) is 1.32. The molecule has 1 aromatic carbocycles. The molecule has 0 fully saturated rings. The molecular formula is C12H19ClN2O. The van der Waals surface area contributed by atoms with Gasteiger partial charge in [0.05, 0.1) is 0 Å². The molecule has 16 heavy (non-hydrogen) atoms. The summed E-state index contributed by atoms with van der Waals surface area (Å²) < 4.78 is 0. The molecule has 0 aliphatic heterocycles. The van der Waals surface area contributed by atoms with Crippen molar-refractivity contribution in [1.29, 1.82) is 0 Å². The van der Waals surface area contributed by atoms with E-state index in [0.717, 1.165) is 6.54 Å². The second-order valence-corrected chi connectivity index (χ2v) is 3.86. The van der Waals surface area contributed by atoms with Crippen molar-refractivity contribution >= 4 is 18.3 Å². The largest absolute Gasteiger partial charge is 0.350 e. The van der Waals surface area contributed by atoms with Crippen molar-refractivity contribution in [1.82, 2.24) is 10.6 Å². The first-order chi connectivity index (χ1) is 7.13. The predicted molar refractivity (Wildman–Crippen MR) is 69.1 cm³/mol. The number of carbonyl (C=O) groups excluding carboxylic acids is 1. The number of carbonyl (C=O) groups is 1. The van der Waals surface area contributed by atoms with Gasteiger partial charge in [-0.15, -0.1) is 12.4 Å². The van der Waals surface area contributed by atoms with Gasteiger partial charge in [-0.25, -0.2) is 0 Å². The first kappa shape index (κ1) is 14.9. The lowest BCUT2D eigenvalue weighted by Crippen LogP contribution is -2.30. The number of nitrogens with one attached hydrogen (secondary N) is 2. The average Bonchev–Trinajstić information content (AvgIpc) is 2.18. The number of rotatable bonds is 4. The van der Waals surface area contributed by atoms with Crippen molar-refractivity contribution in [2.75, 3.05) is 7.05 Å². The molecule has 0 aliphatic carbocycles. The number of halogens is 1. The lowest BCUT2D eigenvalue weighted by molar-refractivity contribution is 0.0943. The Morgan fingerprint density at radius 2 is 1.81 bits per heavy atom. The molecule has 0 saturated carbocycles. The van der Waals surface area contributed by atoms with E-state index >= 15 is 0 Å². The maximum Gasteiger partial charge on any atom is 0.251 e. The predicted octanol–water partition coefficient (Wildman–Crippen LogP) is 1.97. The molecule has 0 saturated heterocycles.